The molecule has 0 bridgehead atoms. The minimum absolute atomic E-state index is 0.143. The zero-order valence-corrected chi connectivity index (χ0v) is 10.6. The lowest BCUT2D eigenvalue weighted by atomic mass is 10.7. The molecule has 13 heavy (non-hydrogen) atoms. The van der Waals surface area contributed by atoms with E-state index in [9.17, 15) is 0 Å². The molecule has 0 aliphatic rings. The third-order valence-electron chi connectivity index (χ3n) is 1.08. The maximum absolute atomic E-state index is 5.66. The number of nitrogens with one attached hydrogen (secondary N) is 1. The number of anilines is 2. The molecule has 72 valence electrons. The van der Waals surface area contributed by atoms with E-state index in [1.54, 1.807) is 0 Å². The summed E-state index contributed by atoms with van der Waals surface area (Å²) >= 11 is 11.9. The van der Waals surface area contributed by atoms with Crippen molar-refractivity contribution in [3.05, 3.63) is 5.28 Å². The average molecular weight is 331 g/mol. The van der Waals surface area contributed by atoms with E-state index in [2.05, 4.69) is 52.6 Å². The predicted octanol–water partition coefficient (Wildman–Crippen LogP) is 2.38. The van der Waals surface area contributed by atoms with Gasteiger partial charge in [0.05, 0.1) is 32.3 Å². The van der Waals surface area contributed by atoms with Gasteiger partial charge in [-0.05, 0) is 18.5 Å². The lowest BCUT2D eigenvalue weighted by Gasteiger charge is -2.06. The van der Waals surface area contributed by atoms with E-state index in [-0.39, 0.29) is 5.28 Å². The molecule has 0 aliphatic carbocycles. The molecule has 1 N–H and O–H groups in total. The zero-order chi connectivity index (χ0) is 9.84. The van der Waals surface area contributed by atoms with E-state index in [1.807, 2.05) is 6.92 Å². The smallest absolute Gasteiger partial charge is 0.252 e. The first kappa shape index (κ1) is 10.9. The fourth-order valence-electron chi connectivity index (χ4n) is 0.652. The maximum Gasteiger partial charge on any atom is 0.252 e. The van der Waals surface area contributed by atoms with Gasteiger partial charge in [0, 0.05) is 6.54 Å². The fraction of sp³-hybridized carbons (Fsp3) is 0.400. The molecular formula is C5H6Br2ClN5. The van der Waals surface area contributed by atoms with Crippen molar-refractivity contribution in [1.82, 2.24) is 15.0 Å². The summed E-state index contributed by atoms with van der Waals surface area (Å²) in [4.78, 5) is 11.8. The molecular weight excluding hydrogens is 325 g/mol. The molecule has 5 nitrogen and oxygen atoms in total. The topological polar surface area (TPSA) is 53.9 Å². The van der Waals surface area contributed by atoms with Crippen LogP contribution in [-0.2, 0) is 0 Å². The van der Waals surface area contributed by atoms with Crippen LogP contribution in [0.5, 0.6) is 0 Å². The molecule has 0 saturated heterocycles. The van der Waals surface area contributed by atoms with Crippen LogP contribution in [0.4, 0.5) is 11.9 Å². The molecule has 1 aromatic rings. The first-order valence-corrected chi connectivity index (χ1v) is 5.20. The number of rotatable bonds is 3. The van der Waals surface area contributed by atoms with Crippen molar-refractivity contribution in [2.75, 3.05) is 14.8 Å². The Bertz CT molecular complexity index is 294. The van der Waals surface area contributed by atoms with E-state index in [1.165, 1.54) is 2.95 Å². The van der Waals surface area contributed by atoms with Gasteiger partial charge in [-0.2, -0.15) is 15.0 Å². The second-order valence-electron chi connectivity index (χ2n) is 1.99. The second kappa shape index (κ2) is 4.92. The van der Waals surface area contributed by atoms with Crippen molar-refractivity contribution in [1.29, 1.82) is 0 Å². The Kier molecular flexibility index (Phi) is 4.14. The molecule has 0 amide bonds. The molecule has 1 aromatic heterocycles. The Labute approximate surface area is 97.6 Å². The third kappa shape index (κ3) is 3.24. The molecule has 8 heteroatoms. The van der Waals surface area contributed by atoms with Gasteiger partial charge in [-0.15, -0.1) is 0 Å². The molecule has 1 heterocycles. The van der Waals surface area contributed by atoms with Crippen LogP contribution in [-0.4, -0.2) is 21.5 Å². The highest BCUT2D eigenvalue weighted by Crippen LogP contribution is 2.19. The molecule has 0 radical (unpaired) electrons. The van der Waals surface area contributed by atoms with Crippen molar-refractivity contribution in [3.63, 3.8) is 0 Å². The van der Waals surface area contributed by atoms with Gasteiger partial charge in [0.15, 0.2) is 0 Å². The Hall–Kier alpha value is -0.140. The van der Waals surface area contributed by atoms with Crippen LogP contribution in [0.1, 0.15) is 6.92 Å². The minimum atomic E-state index is 0.143. The molecule has 0 fully saturated rings. The Morgan fingerprint density at radius 3 is 2.62 bits per heavy atom. The van der Waals surface area contributed by atoms with E-state index in [4.69, 9.17) is 11.6 Å². The summed E-state index contributed by atoms with van der Waals surface area (Å²) < 4.78 is 1.40. The second-order valence-corrected chi connectivity index (χ2v) is 4.70. The first-order valence-electron chi connectivity index (χ1n) is 3.40. The van der Waals surface area contributed by atoms with E-state index in [0.29, 0.717) is 11.9 Å². The standard InChI is InChI=1S/C5H6Br2ClN5/c1-2-9-4-10-3(8)11-5(12-4)13(6)7/h2H2,1H3,(H,9,10,11,12). The average Bonchev–Trinajstić information content (AvgIpc) is 2.03. The van der Waals surface area contributed by atoms with E-state index < -0.39 is 0 Å². The number of halogens is 3. The van der Waals surface area contributed by atoms with Crippen molar-refractivity contribution < 1.29 is 0 Å². The van der Waals surface area contributed by atoms with Crippen molar-refractivity contribution in [3.8, 4) is 0 Å². The third-order valence-corrected chi connectivity index (χ3v) is 1.89. The summed E-state index contributed by atoms with van der Waals surface area (Å²) in [5.41, 5.74) is 0. The number of nitrogens with zero attached hydrogens (tertiary/aromatic N) is 4. The summed E-state index contributed by atoms with van der Waals surface area (Å²) in [6.45, 7) is 2.67. The van der Waals surface area contributed by atoms with E-state index >= 15 is 0 Å². The number of hydrogen-bond acceptors (Lipinski definition) is 5. The largest absolute Gasteiger partial charge is 0.354 e. The highest BCUT2D eigenvalue weighted by Gasteiger charge is 2.07. The van der Waals surface area contributed by atoms with Gasteiger partial charge < -0.3 is 5.32 Å². The fourth-order valence-corrected chi connectivity index (χ4v) is 1.13. The SMILES string of the molecule is CCNc1nc(Cl)nc(N(Br)Br)n1. The number of aromatic nitrogens is 3. The van der Waals surface area contributed by atoms with Crippen LogP contribution in [0.15, 0.2) is 0 Å². The van der Waals surface area contributed by atoms with Crippen molar-refractivity contribution in [2.24, 2.45) is 0 Å². The highest BCUT2D eigenvalue weighted by atomic mass is 79.9. The van der Waals surface area contributed by atoms with Crippen LogP contribution in [0, 0.1) is 0 Å². The lowest BCUT2D eigenvalue weighted by Crippen LogP contribution is -2.07. The van der Waals surface area contributed by atoms with Crippen molar-refractivity contribution in [2.45, 2.75) is 6.92 Å². The number of hydrogen-bond donors (Lipinski definition) is 1. The minimum Gasteiger partial charge on any atom is -0.354 e. The summed E-state index contributed by atoms with van der Waals surface area (Å²) in [5, 5.41) is 3.07. The van der Waals surface area contributed by atoms with Crippen molar-refractivity contribution >= 4 is 55.8 Å². The zero-order valence-electron chi connectivity index (χ0n) is 6.63. The van der Waals surface area contributed by atoms with Gasteiger partial charge in [-0.25, -0.2) is 2.95 Å². The summed E-state index contributed by atoms with van der Waals surface area (Å²) in [7, 11) is 0. The summed E-state index contributed by atoms with van der Waals surface area (Å²) in [6.07, 6.45) is 0. The maximum atomic E-state index is 5.66. The normalized spacial score (nSPS) is 9.85. The molecule has 0 aromatic carbocycles. The highest BCUT2D eigenvalue weighted by molar-refractivity contribution is 9.25. The van der Waals surface area contributed by atoms with Gasteiger partial charge in [0.2, 0.25) is 11.2 Å². The van der Waals surface area contributed by atoms with Gasteiger partial charge in [0.25, 0.3) is 5.95 Å². The van der Waals surface area contributed by atoms with Crippen LogP contribution in [0.3, 0.4) is 0 Å². The Morgan fingerprint density at radius 2 is 2.08 bits per heavy atom. The molecule has 1 rings (SSSR count). The molecule has 0 unspecified atom stereocenters. The van der Waals surface area contributed by atoms with Gasteiger partial charge in [-0.1, -0.05) is 0 Å². The molecule has 0 aliphatic heterocycles. The summed E-state index contributed by atoms with van der Waals surface area (Å²) in [5.74, 6) is 0.831. The van der Waals surface area contributed by atoms with Gasteiger partial charge >= 0.3 is 0 Å². The molecule has 0 atom stereocenters. The van der Waals surface area contributed by atoms with Crippen LogP contribution < -0.4 is 8.27 Å². The monoisotopic (exact) mass is 329 g/mol. The van der Waals surface area contributed by atoms with E-state index in [0.717, 1.165) is 6.54 Å². The van der Waals surface area contributed by atoms with Crippen LogP contribution in [0.25, 0.3) is 0 Å². The van der Waals surface area contributed by atoms with Gasteiger partial charge in [-0.3, -0.25) is 0 Å². The molecule has 0 saturated carbocycles. The Balaban J connectivity index is 2.96. The summed E-state index contributed by atoms with van der Waals surface area (Å²) in [6, 6.07) is 0. The quantitative estimate of drug-likeness (QED) is 0.862. The van der Waals surface area contributed by atoms with Gasteiger partial charge in [0.1, 0.15) is 0 Å². The lowest BCUT2D eigenvalue weighted by molar-refractivity contribution is 1.02. The predicted molar refractivity (Wildman–Crippen MR) is 59.3 cm³/mol. The van der Waals surface area contributed by atoms with Crippen LogP contribution in [0.2, 0.25) is 5.28 Å². The molecule has 0 spiro atoms. The van der Waals surface area contributed by atoms with Crippen LogP contribution >= 0.6 is 43.9 Å². The first-order chi connectivity index (χ1) is 6.13. The Morgan fingerprint density at radius 1 is 1.38 bits per heavy atom.